The monoisotopic (exact) mass is 290 g/mol. The molecule has 0 amide bonds. The van der Waals surface area contributed by atoms with Gasteiger partial charge in [-0.15, -0.1) is 22.9 Å². The molecule has 0 radical (unpaired) electrons. The average Bonchev–Trinajstić information content (AvgIpc) is 3.11. The van der Waals surface area contributed by atoms with Gasteiger partial charge >= 0.3 is 0 Å². The van der Waals surface area contributed by atoms with Gasteiger partial charge in [0, 0.05) is 16.2 Å². The van der Waals surface area contributed by atoms with Crippen molar-refractivity contribution in [3.05, 3.63) is 50.7 Å². The van der Waals surface area contributed by atoms with E-state index >= 15 is 0 Å². The Morgan fingerprint density at radius 3 is 2.95 bits per heavy atom. The second kappa shape index (κ2) is 4.53. The zero-order valence-electron chi connectivity index (χ0n) is 10.6. The first-order valence-electron chi connectivity index (χ1n) is 6.82. The van der Waals surface area contributed by atoms with E-state index in [1.807, 2.05) is 11.3 Å². The van der Waals surface area contributed by atoms with Gasteiger partial charge < -0.3 is 4.74 Å². The summed E-state index contributed by atoms with van der Waals surface area (Å²) in [6.45, 7) is 0.805. The minimum absolute atomic E-state index is 0.0125. The van der Waals surface area contributed by atoms with Gasteiger partial charge in [0.05, 0.1) is 12.0 Å². The lowest BCUT2D eigenvalue weighted by Gasteiger charge is -2.09. The summed E-state index contributed by atoms with van der Waals surface area (Å²) < 4.78 is 5.55. The highest BCUT2D eigenvalue weighted by Gasteiger charge is 2.21. The molecule has 2 aliphatic rings. The van der Waals surface area contributed by atoms with E-state index in [0.29, 0.717) is 0 Å². The van der Waals surface area contributed by atoms with Crippen molar-refractivity contribution in [1.82, 2.24) is 0 Å². The lowest BCUT2D eigenvalue weighted by atomic mass is 10.0. The predicted molar refractivity (Wildman–Crippen MR) is 79.7 cm³/mol. The number of fused-ring (bicyclic) bond motifs is 2. The van der Waals surface area contributed by atoms with Crippen molar-refractivity contribution in [2.45, 2.75) is 31.1 Å². The number of hydrogen-bond donors (Lipinski definition) is 0. The highest BCUT2D eigenvalue weighted by Crippen LogP contribution is 2.40. The van der Waals surface area contributed by atoms with Crippen molar-refractivity contribution in [1.29, 1.82) is 0 Å². The third-order valence-corrected chi connectivity index (χ3v) is 5.94. The van der Waals surface area contributed by atoms with Gasteiger partial charge in [-0.25, -0.2) is 0 Å². The molecule has 1 aromatic carbocycles. The molecule has 98 valence electrons. The molecule has 0 spiro atoms. The fourth-order valence-electron chi connectivity index (χ4n) is 3.01. The Morgan fingerprint density at radius 1 is 1.11 bits per heavy atom. The van der Waals surface area contributed by atoms with E-state index in [4.69, 9.17) is 16.3 Å². The Balaban J connectivity index is 1.67. The Bertz CT molecular complexity index is 610. The molecule has 0 saturated carbocycles. The van der Waals surface area contributed by atoms with E-state index < -0.39 is 0 Å². The fourth-order valence-corrected chi connectivity index (χ4v) is 4.60. The van der Waals surface area contributed by atoms with Crippen LogP contribution in [0.5, 0.6) is 5.75 Å². The van der Waals surface area contributed by atoms with Crippen molar-refractivity contribution in [2.75, 3.05) is 6.61 Å². The number of rotatable bonds is 2. The van der Waals surface area contributed by atoms with Crippen LogP contribution in [0.15, 0.2) is 24.3 Å². The highest BCUT2D eigenvalue weighted by molar-refractivity contribution is 7.12. The first-order chi connectivity index (χ1) is 9.31. The molecule has 2 aromatic rings. The largest absolute Gasteiger partial charge is 0.493 e. The summed E-state index contributed by atoms with van der Waals surface area (Å²) in [6, 6.07) is 8.69. The van der Waals surface area contributed by atoms with Gasteiger partial charge in [-0.05, 0) is 48.1 Å². The van der Waals surface area contributed by atoms with Crippen LogP contribution in [0, 0.1) is 0 Å². The molecule has 4 rings (SSSR count). The molecular weight excluding hydrogens is 276 g/mol. The minimum Gasteiger partial charge on any atom is -0.493 e. The molecule has 1 aliphatic carbocycles. The predicted octanol–water partition coefficient (Wildman–Crippen LogP) is 4.50. The van der Waals surface area contributed by atoms with E-state index in [2.05, 4.69) is 24.3 Å². The summed E-state index contributed by atoms with van der Waals surface area (Å²) in [5, 5.41) is -0.0125. The van der Waals surface area contributed by atoms with Crippen molar-refractivity contribution in [2.24, 2.45) is 0 Å². The van der Waals surface area contributed by atoms with Crippen molar-refractivity contribution in [3.63, 3.8) is 0 Å². The molecule has 1 aliphatic heterocycles. The molecule has 1 nitrogen and oxygen atoms in total. The molecule has 3 heteroatoms. The van der Waals surface area contributed by atoms with Crippen molar-refractivity contribution >= 4 is 22.9 Å². The normalized spacial score (nSPS) is 17.9. The van der Waals surface area contributed by atoms with Gasteiger partial charge in [-0.3, -0.25) is 0 Å². The second-order valence-corrected chi connectivity index (χ2v) is 6.88. The molecule has 0 fully saturated rings. The summed E-state index contributed by atoms with van der Waals surface area (Å²) in [5.74, 6) is 1.03. The zero-order valence-corrected chi connectivity index (χ0v) is 12.2. The quantitative estimate of drug-likeness (QED) is 0.740. The minimum atomic E-state index is -0.0125. The lowest BCUT2D eigenvalue weighted by molar-refractivity contribution is 0.357. The molecule has 0 N–H and O–H groups in total. The van der Waals surface area contributed by atoms with Crippen LogP contribution in [-0.2, 0) is 19.3 Å². The maximum absolute atomic E-state index is 6.67. The number of alkyl halides is 1. The van der Waals surface area contributed by atoms with E-state index in [1.54, 1.807) is 4.88 Å². The Kier molecular flexibility index (Phi) is 2.82. The van der Waals surface area contributed by atoms with E-state index in [1.165, 1.54) is 40.8 Å². The lowest BCUT2D eigenvalue weighted by Crippen LogP contribution is -1.91. The highest BCUT2D eigenvalue weighted by atomic mass is 35.5. The Morgan fingerprint density at radius 2 is 2.05 bits per heavy atom. The summed E-state index contributed by atoms with van der Waals surface area (Å²) in [5.41, 5.74) is 4.02. The molecule has 0 saturated heterocycles. The van der Waals surface area contributed by atoms with Crippen LogP contribution >= 0.6 is 22.9 Å². The molecular formula is C16H15ClOS. The van der Waals surface area contributed by atoms with Gasteiger partial charge in [0.25, 0.3) is 0 Å². The van der Waals surface area contributed by atoms with E-state index in [-0.39, 0.29) is 5.38 Å². The molecule has 19 heavy (non-hydrogen) atoms. The van der Waals surface area contributed by atoms with E-state index in [0.717, 1.165) is 18.8 Å². The Hall–Kier alpha value is -0.990. The maximum atomic E-state index is 6.67. The second-order valence-electron chi connectivity index (χ2n) is 5.28. The maximum Gasteiger partial charge on any atom is 0.122 e. The summed E-state index contributed by atoms with van der Waals surface area (Å²) in [4.78, 5) is 2.84. The average molecular weight is 291 g/mol. The number of thiophene rings is 1. The van der Waals surface area contributed by atoms with E-state index in [9.17, 15) is 0 Å². The zero-order chi connectivity index (χ0) is 12.8. The van der Waals surface area contributed by atoms with Crippen molar-refractivity contribution < 1.29 is 4.74 Å². The van der Waals surface area contributed by atoms with Gasteiger partial charge in [-0.2, -0.15) is 0 Å². The van der Waals surface area contributed by atoms with Gasteiger partial charge in [0.2, 0.25) is 0 Å². The van der Waals surface area contributed by atoms with Crippen LogP contribution in [0.1, 0.15) is 38.2 Å². The van der Waals surface area contributed by atoms with Crippen LogP contribution in [0.25, 0.3) is 0 Å². The number of ether oxygens (including phenoxy) is 1. The number of halogens is 1. The summed E-state index contributed by atoms with van der Waals surface area (Å²) in [7, 11) is 0. The van der Waals surface area contributed by atoms with Gasteiger partial charge in [0.1, 0.15) is 5.75 Å². The summed E-state index contributed by atoms with van der Waals surface area (Å²) in [6.07, 6.45) is 4.79. The molecule has 1 atom stereocenters. The van der Waals surface area contributed by atoms with Crippen LogP contribution in [-0.4, -0.2) is 6.61 Å². The molecule has 0 bridgehead atoms. The third-order valence-electron chi connectivity index (χ3n) is 4.02. The smallest absolute Gasteiger partial charge is 0.122 e. The van der Waals surface area contributed by atoms with Crippen molar-refractivity contribution in [3.8, 4) is 5.75 Å². The van der Waals surface area contributed by atoms with Crippen LogP contribution in [0.4, 0.5) is 0 Å². The molecule has 2 heterocycles. The van der Waals surface area contributed by atoms with Crippen LogP contribution in [0.3, 0.4) is 0 Å². The number of hydrogen-bond acceptors (Lipinski definition) is 2. The Labute approximate surface area is 122 Å². The first-order valence-corrected chi connectivity index (χ1v) is 8.08. The van der Waals surface area contributed by atoms with Crippen LogP contribution in [0.2, 0.25) is 0 Å². The van der Waals surface area contributed by atoms with Gasteiger partial charge in [0.15, 0.2) is 0 Å². The van der Waals surface area contributed by atoms with Crippen LogP contribution < -0.4 is 4.74 Å². The fraction of sp³-hybridized carbons (Fsp3) is 0.375. The first kappa shape index (κ1) is 11.8. The topological polar surface area (TPSA) is 9.23 Å². The number of benzene rings is 1. The third kappa shape index (κ3) is 1.98. The SMILES string of the molecule is ClC(c1ccc2c(c1)CCO2)c1cc2c(s1)CCC2. The van der Waals surface area contributed by atoms with Gasteiger partial charge in [-0.1, -0.05) is 12.1 Å². The molecule has 1 unspecified atom stereocenters. The standard InChI is InChI=1S/C16H15ClOS/c17-16(15-9-11-2-1-3-14(11)19-15)12-4-5-13-10(8-12)6-7-18-13/h4-5,8-9,16H,1-3,6-7H2. The summed E-state index contributed by atoms with van der Waals surface area (Å²) >= 11 is 8.56. The number of aryl methyl sites for hydroxylation is 2. The molecule has 1 aromatic heterocycles.